The second-order valence-electron chi connectivity index (χ2n) is 12.7. The first-order valence-electron chi connectivity index (χ1n) is 16.6. The summed E-state index contributed by atoms with van der Waals surface area (Å²) in [6.45, 7) is 0. The fourth-order valence-electron chi connectivity index (χ4n) is 7.57. The predicted octanol–water partition coefficient (Wildman–Crippen LogP) is 11.8. The van der Waals surface area contributed by atoms with Crippen LogP contribution in [0.4, 0.5) is 0 Å². The minimum absolute atomic E-state index is 0.124. The Morgan fingerprint density at radius 1 is 0.400 bits per heavy atom. The average molecular weight is 643 g/mol. The highest BCUT2D eigenvalue weighted by Crippen LogP contribution is 2.52. The summed E-state index contributed by atoms with van der Waals surface area (Å²) in [6, 6.07) is 50.8. The van der Waals surface area contributed by atoms with Gasteiger partial charge in [0, 0.05) is 33.0 Å². The van der Waals surface area contributed by atoms with Crippen molar-refractivity contribution >= 4 is 55.4 Å². The van der Waals surface area contributed by atoms with Crippen LogP contribution in [0.3, 0.4) is 0 Å². The van der Waals surface area contributed by atoms with E-state index >= 15 is 0 Å². The smallest absolute Gasteiger partial charge is 0.196 e. The topological polar surface area (TPSA) is 60.4 Å². The van der Waals surface area contributed by atoms with Crippen molar-refractivity contribution in [2.45, 2.75) is 0 Å². The van der Waals surface area contributed by atoms with Crippen molar-refractivity contribution in [1.82, 2.24) is 0 Å². The molecule has 8 aromatic carbocycles. The lowest BCUT2D eigenvalue weighted by Gasteiger charge is -2.24. The Bertz CT molecular complexity index is 2660. The Morgan fingerprint density at radius 3 is 1.14 bits per heavy atom. The van der Waals surface area contributed by atoms with E-state index in [9.17, 15) is 9.59 Å². The first-order valence-corrected chi connectivity index (χ1v) is 16.6. The maximum Gasteiger partial charge on any atom is 0.196 e. The van der Waals surface area contributed by atoms with Crippen molar-refractivity contribution in [3.05, 3.63) is 180 Å². The SMILES string of the molecule is O=C(c1ccccc1)c1cc(-c2ccccc2)c2ccc3oc4c(C(=O)c5ccccc5)cc(-c5ccccc5)c5ccc6oc1c2c3-c6c54. The maximum absolute atomic E-state index is 14.3. The third kappa shape index (κ3) is 4.12. The monoisotopic (exact) mass is 642 g/mol. The molecule has 0 unspecified atom stereocenters. The van der Waals surface area contributed by atoms with Crippen molar-refractivity contribution in [3.63, 3.8) is 0 Å². The van der Waals surface area contributed by atoms with E-state index in [1.54, 1.807) is 0 Å². The Morgan fingerprint density at radius 2 is 0.760 bits per heavy atom. The zero-order valence-electron chi connectivity index (χ0n) is 26.6. The number of benzene rings is 8. The highest BCUT2D eigenvalue weighted by atomic mass is 16.3. The lowest BCUT2D eigenvalue weighted by molar-refractivity contribution is 0.103. The molecule has 0 saturated heterocycles. The van der Waals surface area contributed by atoms with E-state index in [4.69, 9.17) is 8.83 Å². The Balaban J connectivity index is 1.38. The van der Waals surface area contributed by atoms with Gasteiger partial charge in [-0.25, -0.2) is 0 Å². The highest BCUT2D eigenvalue weighted by molar-refractivity contribution is 6.31. The molecule has 0 N–H and O–H groups in total. The number of ketones is 2. The van der Waals surface area contributed by atoms with Gasteiger partial charge in [-0.2, -0.15) is 0 Å². The van der Waals surface area contributed by atoms with Crippen LogP contribution in [0.2, 0.25) is 0 Å². The van der Waals surface area contributed by atoms with Gasteiger partial charge in [0.25, 0.3) is 0 Å². The largest absolute Gasteiger partial charge is 0.455 e. The third-order valence-corrected chi connectivity index (χ3v) is 9.84. The van der Waals surface area contributed by atoms with E-state index in [0.717, 1.165) is 54.9 Å². The van der Waals surface area contributed by atoms with Crippen LogP contribution in [0.15, 0.2) is 167 Å². The number of hydrogen-bond acceptors (Lipinski definition) is 4. The minimum atomic E-state index is -0.124. The Hall–Kier alpha value is -6.78. The molecule has 0 amide bonds. The summed E-state index contributed by atoms with van der Waals surface area (Å²) in [5, 5.41) is 3.53. The lowest BCUT2D eigenvalue weighted by Crippen LogP contribution is -2.07. The fourth-order valence-corrected chi connectivity index (χ4v) is 7.57. The second-order valence-corrected chi connectivity index (χ2v) is 12.7. The first-order chi connectivity index (χ1) is 24.7. The van der Waals surface area contributed by atoms with Gasteiger partial charge in [-0.15, -0.1) is 0 Å². The van der Waals surface area contributed by atoms with Crippen molar-refractivity contribution in [2.24, 2.45) is 0 Å². The Kier molecular flexibility index (Phi) is 6.14. The maximum atomic E-state index is 14.3. The molecule has 234 valence electrons. The van der Waals surface area contributed by atoms with E-state index < -0.39 is 0 Å². The molecular formula is C46H26O4. The third-order valence-electron chi connectivity index (χ3n) is 9.84. The quantitative estimate of drug-likeness (QED) is 0.103. The van der Waals surface area contributed by atoms with E-state index in [-0.39, 0.29) is 11.6 Å². The van der Waals surface area contributed by atoms with Gasteiger partial charge in [-0.05, 0) is 69.4 Å². The molecule has 0 saturated carbocycles. The highest BCUT2D eigenvalue weighted by Gasteiger charge is 2.31. The summed E-state index contributed by atoms with van der Waals surface area (Å²) in [6.07, 6.45) is 0. The number of hydrogen-bond donors (Lipinski definition) is 0. The summed E-state index contributed by atoms with van der Waals surface area (Å²) in [5.41, 5.74) is 9.90. The van der Waals surface area contributed by atoms with Gasteiger partial charge in [0.1, 0.15) is 22.3 Å². The summed E-state index contributed by atoms with van der Waals surface area (Å²) in [7, 11) is 0. The molecule has 0 aromatic heterocycles. The number of carbonyl (C=O) groups excluding carboxylic acids is 2. The normalized spacial score (nSPS) is 11.8. The molecule has 4 nitrogen and oxygen atoms in total. The molecule has 2 aliphatic heterocycles. The molecule has 10 rings (SSSR count). The van der Waals surface area contributed by atoms with Gasteiger partial charge in [0.05, 0.1) is 11.1 Å². The van der Waals surface area contributed by atoms with Crippen LogP contribution in [-0.4, -0.2) is 11.6 Å². The summed E-state index contributed by atoms with van der Waals surface area (Å²) in [4.78, 5) is 28.6. The fraction of sp³-hybridized carbons (Fsp3) is 0. The standard InChI is InChI=1S/C46H26O4/c47-43(29-17-9-3-10-18-29)35-25-33(27-13-5-1-6-14-27)31-21-23-37-41-39(31)45(35)49-38-24-22-32-34(28-15-7-2-8-16-28)26-36(46(50-37)40(32)42(38)41)44(48)30-19-11-4-12-20-30/h1-26H. The number of carbonyl (C=O) groups is 2. The van der Waals surface area contributed by atoms with Gasteiger partial charge in [-0.3, -0.25) is 9.59 Å². The molecule has 0 atom stereocenters. The van der Waals surface area contributed by atoms with Crippen molar-refractivity contribution < 1.29 is 18.4 Å². The van der Waals surface area contributed by atoms with Crippen LogP contribution in [0.5, 0.6) is 0 Å². The van der Waals surface area contributed by atoms with Crippen LogP contribution in [-0.2, 0) is 0 Å². The Labute approximate surface area is 286 Å². The van der Waals surface area contributed by atoms with Gasteiger partial charge < -0.3 is 8.83 Å². The molecule has 2 aliphatic rings. The molecule has 8 aromatic rings. The lowest BCUT2D eigenvalue weighted by atomic mass is 9.83. The van der Waals surface area contributed by atoms with Crippen molar-refractivity contribution in [3.8, 4) is 33.4 Å². The molecule has 0 fully saturated rings. The number of rotatable bonds is 6. The zero-order valence-corrected chi connectivity index (χ0v) is 26.6. The molecule has 0 radical (unpaired) electrons. The van der Waals surface area contributed by atoms with E-state index in [0.29, 0.717) is 44.6 Å². The average Bonchev–Trinajstić information content (AvgIpc) is 3.19. The van der Waals surface area contributed by atoms with Gasteiger partial charge in [0.2, 0.25) is 0 Å². The van der Waals surface area contributed by atoms with Crippen LogP contribution in [0.25, 0.3) is 77.3 Å². The summed E-state index contributed by atoms with van der Waals surface area (Å²) < 4.78 is 13.7. The van der Waals surface area contributed by atoms with E-state index in [2.05, 4.69) is 24.3 Å². The van der Waals surface area contributed by atoms with Crippen molar-refractivity contribution in [1.29, 1.82) is 0 Å². The molecule has 2 heterocycles. The molecule has 0 aliphatic carbocycles. The van der Waals surface area contributed by atoms with E-state index in [1.165, 1.54) is 0 Å². The molecule has 0 bridgehead atoms. The summed E-state index contributed by atoms with van der Waals surface area (Å²) >= 11 is 0. The van der Waals surface area contributed by atoms with Crippen molar-refractivity contribution in [2.75, 3.05) is 0 Å². The molecule has 0 spiro atoms. The van der Waals surface area contributed by atoms with E-state index in [1.807, 2.05) is 133 Å². The van der Waals surface area contributed by atoms with Gasteiger partial charge >= 0.3 is 0 Å². The van der Waals surface area contributed by atoms with Crippen LogP contribution in [0, 0.1) is 0 Å². The molecular weight excluding hydrogens is 617 g/mol. The molecule has 4 heteroatoms. The van der Waals surface area contributed by atoms with Crippen LogP contribution >= 0.6 is 0 Å². The first kappa shape index (κ1) is 28.3. The van der Waals surface area contributed by atoms with Crippen LogP contribution in [0.1, 0.15) is 31.8 Å². The van der Waals surface area contributed by atoms with Crippen LogP contribution < -0.4 is 0 Å². The van der Waals surface area contributed by atoms with Gasteiger partial charge in [-0.1, -0.05) is 121 Å². The zero-order chi connectivity index (χ0) is 33.3. The van der Waals surface area contributed by atoms with Gasteiger partial charge in [0.15, 0.2) is 11.6 Å². The second kappa shape index (κ2) is 10.9. The predicted molar refractivity (Wildman–Crippen MR) is 199 cm³/mol. The molecule has 50 heavy (non-hydrogen) atoms. The summed E-state index contributed by atoms with van der Waals surface area (Å²) in [5.74, 6) is -0.248. The minimum Gasteiger partial charge on any atom is -0.455 e.